The fraction of sp³-hybridized carbons (Fsp3) is 0.400. The summed E-state index contributed by atoms with van der Waals surface area (Å²) in [6.07, 6.45) is 4.51. The molecule has 17 heavy (non-hydrogen) atoms. The smallest absolute Gasteiger partial charge is 0.243 e. The fourth-order valence-electron chi connectivity index (χ4n) is 1.56. The highest BCUT2D eigenvalue weighted by Crippen LogP contribution is 2.13. The molecule has 0 N–H and O–H groups in total. The second kappa shape index (κ2) is 4.44. The Bertz CT molecular complexity index is 561. The third-order valence-corrected chi connectivity index (χ3v) is 2.20. The summed E-state index contributed by atoms with van der Waals surface area (Å²) >= 11 is 0. The molecule has 0 saturated carbocycles. The Morgan fingerprint density at radius 2 is 2.24 bits per heavy atom. The molecule has 2 heterocycles. The van der Waals surface area contributed by atoms with Gasteiger partial charge in [-0.05, 0) is 12.3 Å². The van der Waals surface area contributed by atoms with Crippen LogP contribution in [0.4, 0.5) is 4.48 Å². The van der Waals surface area contributed by atoms with Crippen molar-refractivity contribution in [1.82, 2.24) is 24.5 Å². The van der Waals surface area contributed by atoms with Crippen molar-refractivity contribution in [2.24, 2.45) is 5.92 Å². The topological polar surface area (TPSA) is 65.6 Å². The first-order valence-electron chi connectivity index (χ1n) is 5.21. The zero-order valence-electron chi connectivity index (χ0n) is 9.54. The van der Waals surface area contributed by atoms with E-state index in [-0.39, 0.29) is 4.79 Å². The van der Waals surface area contributed by atoms with E-state index < -0.39 is 5.69 Å². The summed E-state index contributed by atoms with van der Waals surface area (Å²) in [5.41, 5.74) is -0.337. The van der Waals surface area contributed by atoms with E-state index in [4.69, 9.17) is 0 Å². The quantitative estimate of drug-likeness (QED) is 0.790. The van der Waals surface area contributed by atoms with Gasteiger partial charge >= 0.3 is 5.69 Å². The molecule has 90 valence electrons. The van der Waals surface area contributed by atoms with Crippen LogP contribution in [0.5, 0.6) is 0 Å². The second-order valence-electron chi connectivity index (χ2n) is 4.12. The lowest BCUT2D eigenvalue weighted by Crippen LogP contribution is -2.22. The maximum atomic E-state index is 13.1. The lowest BCUT2D eigenvalue weighted by Gasteiger charge is -2.09. The Morgan fingerprint density at radius 1 is 1.47 bits per heavy atom. The monoisotopic (exact) mass is 237 g/mol. The summed E-state index contributed by atoms with van der Waals surface area (Å²) in [4.78, 5) is 18.6. The van der Waals surface area contributed by atoms with Gasteiger partial charge in [-0.2, -0.15) is 10.1 Å². The summed E-state index contributed by atoms with van der Waals surface area (Å²) in [7, 11) is 0. The number of rotatable bonds is 3. The van der Waals surface area contributed by atoms with Crippen molar-refractivity contribution in [3.05, 3.63) is 34.9 Å². The van der Waals surface area contributed by atoms with E-state index in [9.17, 15) is 9.28 Å². The lowest BCUT2D eigenvalue weighted by atomic mass is 10.1. The Balaban J connectivity index is 2.56. The van der Waals surface area contributed by atoms with Crippen molar-refractivity contribution in [2.45, 2.75) is 20.3 Å². The molecule has 2 aromatic heterocycles. The van der Waals surface area contributed by atoms with Gasteiger partial charge < -0.3 is 0 Å². The van der Waals surface area contributed by atoms with Gasteiger partial charge in [0.1, 0.15) is 12.7 Å². The Morgan fingerprint density at radius 3 is 2.82 bits per heavy atom. The van der Waals surface area contributed by atoms with Crippen LogP contribution in [0.1, 0.15) is 19.4 Å². The molecule has 0 saturated heterocycles. The summed E-state index contributed by atoms with van der Waals surface area (Å²) in [5, 5.41) is 3.90. The largest absolute Gasteiger partial charge is 0.377 e. The molecule has 0 aliphatic heterocycles. The fourth-order valence-corrected chi connectivity index (χ4v) is 1.56. The molecule has 2 aromatic rings. The van der Waals surface area contributed by atoms with Gasteiger partial charge in [0.2, 0.25) is 0 Å². The maximum Gasteiger partial charge on any atom is 0.377 e. The minimum Gasteiger partial charge on any atom is -0.243 e. The molecule has 7 heteroatoms. The van der Waals surface area contributed by atoms with E-state index in [1.807, 2.05) is 13.8 Å². The number of nitrogens with zero attached hydrogens (tertiary/aromatic N) is 5. The van der Waals surface area contributed by atoms with Gasteiger partial charge in [0.25, 0.3) is 0 Å². The summed E-state index contributed by atoms with van der Waals surface area (Å²) in [6, 6.07) is 0. The minimum atomic E-state index is -0.956. The van der Waals surface area contributed by atoms with Crippen molar-refractivity contribution in [2.75, 3.05) is 0 Å². The van der Waals surface area contributed by atoms with Crippen molar-refractivity contribution in [3.8, 4) is 5.82 Å². The van der Waals surface area contributed by atoms with Gasteiger partial charge in [0, 0.05) is 5.56 Å². The van der Waals surface area contributed by atoms with Gasteiger partial charge in [0.05, 0.1) is 6.20 Å². The first-order chi connectivity index (χ1) is 8.08. The van der Waals surface area contributed by atoms with E-state index in [2.05, 4.69) is 15.1 Å². The van der Waals surface area contributed by atoms with Crippen LogP contribution in [0.3, 0.4) is 0 Å². The van der Waals surface area contributed by atoms with Crippen molar-refractivity contribution < 1.29 is 4.48 Å². The maximum absolute atomic E-state index is 13.1. The molecule has 0 unspecified atom stereocenters. The molecule has 0 aliphatic carbocycles. The summed E-state index contributed by atoms with van der Waals surface area (Å²) in [6.45, 7) is 4.00. The SMILES string of the molecule is CC(C)Cc1cn(F)c(=O)nc1-n1cncn1. The van der Waals surface area contributed by atoms with Gasteiger partial charge in [-0.25, -0.2) is 14.5 Å². The highest BCUT2D eigenvalue weighted by molar-refractivity contribution is 5.30. The first-order valence-corrected chi connectivity index (χ1v) is 5.21. The van der Waals surface area contributed by atoms with Crippen LogP contribution in [-0.4, -0.2) is 24.5 Å². The molecule has 0 fully saturated rings. The van der Waals surface area contributed by atoms with Crippen molar-refractivity contribution in [3.63, 3.8) is 0 Å². The molecule has 0 spiro atoms. The molecule has 0 atom stereocenters. The van der Waals surface area contributed by atoms with Gasteiger partial charge in [0.15, 0.2) is 5.82 Å². The minimum absolute atomic E-state index is 0.0157. The highest BCUT2D eigenvalue weighted by Gasteiger charge is 2.12. The number of hydrogen-bond donors (Lipinski definition) is 0. The van der Waals surface area contributed by atoms with E-state index in [0.29, 0.717) is 23.7 Å². The van der Waals surface area contributed by atoms with Crippen LogP contribution in [0.25, 0.3) is 5.82 Å². The molecule has 0 radical (unpaired) electrons. The molecule has 0 bridgehead atoms. The first kappa shape index (κ1) is 11.4. The standard InChI is InChI=1S/C10H12FN5O/c1-7(2)3-8-4-15(11)10(17)14-9(8)16-6-12-5-13-16/h4-7H,3H2,1-2H3. The molecule has 0 aromatic carbocycles. The van der Waals surface area contributed by atoms with E-state index in [1.165, 1.54) is 17.3 Å². The van der Waals surface area contributed by atoms with E-state index in [0.717, 1.165) is 6.20 Å². The van der Waals surface area contributed by atoms with Crippen molar-refractivity contribution in [1.29, 1.82) is 0 Å². The van der Waals surface area contributed by atoms with E-state index in [1.54, 1.807) is 0 Å². The third kappa shape index (κ3) is 2.38. The van der Waals surface area contributed by atoms with Gasteiger partial charge in [-0.15, -0.1) is 4.79 Å². The molecular weight excluding hydrogens is 225 g/mol. The van der Waals surface area contributed by atoms with Gasteiger partial charge in [-0.1, -0.05) is 18.3 Å². The van der Waals surface area contributed by atoms with Crippen LogP contribution >= 0.6 is 0 Å². The lowest BCUT2D eigenvalue weighted by molar-refractivity contribution is 0.340. The highest BCUT2D eigenvalue weighted by atomic mass is 19.2. The number of aromatic nitrogens is 5. The Hall–Kier alpha value is -2.05. The van der Waals surface area contributed by atoms with Crippen LogP contribution in [0, 0.1) is 5.92 Å². The van der Waals surface area contributed by atoms with Gasteiger partial charge in [-0.3, -0.25) is 0 Å². The average molecular weight is 237 g/mol. The molecule has 0 aliphatic rings. The molecule has 0 amide bonds. The number of hydrogen-bond acceptors (Lipinski definition) is 4. The average Bonchev–Trinajstić information content (AvgIpc) is 2.75. The van der Waals surface area contributed by atoms with E-state index >= 15 is 0 Å². The molecular formula is C10H12FN5O. The van der Waals surface area contributed by atoms with Crippen LogP contribution in [-0.2, 0) is 6.42 Å². The number of halogens is 1. The normalized spacial score (nSPS) is 11.1. The molecule has 6 nitrogen and oxygen atoms in total. The zero-order chi connectivity index (χ0) is 12.4. The second-order valence-corrected chi connectivity index (χ2v) is 4.12. The van der Waals surface area contributed by atoms with Crippen LogP contribution in [0.15, 0.2) is 23.6 Å². The predicted molar refractivity (Wildman–Crippen MR) is 58.5 cm³/mol. The molecule has 2 rings (SSSR count). The summed E-state index contributed by atoms with van der Waals surface area (Å²) in [5.74, 6) is 0.645. The Kier molecular flexibility index (Phi) is 2.99. The van der Waals surface area contributed by atoms with Crippen LogP contribution < -0.4 is 5.69 Å². The predicted octanol–water partition coefficient (Wildman–Crippen LogP) is 0.755. The van der Waals surface area contributed by atoms with Crippen molar-refractivity contribution >= 4 is 0 Å². The zero-order valence-corrected chi connectivity index (χ0v) is 9.54. The van der Waals surface area contributed by atoms with Crippen LogP contribution in [0.2, 0.25) is 0 Å². The third-order valence-electron chi connectivity index (χ3n) is 2.20. The summed E-state index contributed by atoms with van der Waals surface area (Å²) < 4.78 is 14.5. The Labute approximate surface area is 96.7 Å².